The number of phenols is 1. The number of methoxy groups -OCH3 is 1. The standard InChI is InChI=1S/C19H29NO2/c1-13-17-10-14-6-7-15(21)11-16(14)19(13,4)8-9-20(17)12-18(2,3)22-5/h6-7,11,13,17,21H,8-10,12H2,1-5H3/t13-,17-,19+/m1/s1. The lowest BCUT2D eigenvalue weighted by Crippen LogP contribution is -2.60. The molecule has 0 saturated carbocycles. The summed E-state index contributed by atoms with van der Waals surface area (Å²) in [7, 11) is 1.80. The summed E-state index contributed by atoms with van der Waals surface area (Å²) in [6, 6.07) is 6.51. The predicted molar refractivity (Wildman–Crippen MR) is 89.4 cm³/mol. The van der Waals surface area contributed by atoms with E-state index in [0.717, 1.165) is 25.9 Å². The molecule has 2 bridgehead atoms. The lowest BCUT2D eigenvalue weighted by Gasteiger charge is -2.55. The molecule has 1 N–H and O–H groups in total. The minimum absolute atomic E-state index is 0.108. The van der Waals surface area contributed by atoms with Gasteiger partial charge < -0.3 is 9.84 Å². The van der Waals surface area contributed by atoms with Crippen molar-refractivity contribution in [3.05, 3.63) is 29.3 Å². The van der Waals surface area contributed by atoms with Gasteiger partial charge in [0.05, 0.1) is 5.60 Å². The Morgan fingerprint density at radius 1 is 1.41 bits per heavy atom. The summed E-state index contributed by atoms with van der Waals surface area (Å²) >= 11 is 0. The van der Waals surface area contributed by atoms with Gasteiger partial charge in [0.15, 0.2) is 0 Å². The van der Waals surface area contributed by atoms with Crippen LogP contribution in [0.3, 0.4) is 0 Å². The number of ether oxygens (including phenoxy) is 1. The molecule has 22 heavy (non-hydrogen) atoms. The number of piperidine rings is 1. The maximum absolute atomic E-state index is 9.90. The summed E-state index contributed by atoms with van der Waals surface area (Å²) in [5.41, 5.74) is 2.83. The molecule has 0 unspecified atom stereocenters. The second-order valence-electron chi connectivity index (χ2n) is 8.00. The largest absolute Gasteiger partial charge is 0.508 e. The summed E-state index contributed by atoms with van der Waals surface area (Å²) in [4.78, 5) is 2.62. The highest BCUT2D eigenvalue weighted by molar-refractivity contribution is 5.44. The van der Waals surface area contributed by atoms with E-state index in [0.29, 0.717) is 17.7 Å². The van der Waals surface area contributed by atoms with Crippen LogP contribution in [-0.4, -0.2) is 41.8 Å². The zero-order valence-electron chi connectivity index (χ0n) is 14.5. The first-order chi connectivity index (χ1) is 10.3. The third-order valence-electron chi connectivity index (χ3n) is 6.24. The Labute approximate surface area is 134 Å². The third kappa shape index (κ3) is 2.44. The second kappa shape index (κ2) is 5.24. The number of phenolic OH excluding ortho intramolecular Hbond substituents is 1. The molecule has 1 aliphatic heterocycles. The number of nitrogens with zero attached hydrogens (tertiary/aromatic N) is 1. The van der Waals surface area contributed by atoms with E-state index >= 15 is 0 Å². The van der Waals surface area contributed by atoms with Crippen LogP contribution in [0, 0.1) is 5.92 Å². The number of hydrogen-bond donors (Lipinski definition) is 1. The Morgan fingerprint density at radius 2 is 2.14 bits per heavy atom. The fourth-order valence-corrected chi connectivity index (χ4v) is 4.45. The number of benzene rings is 1. The van der Waals surface area contributed by atoms with Crippen LogP contribution in [-0.2, 0) is 16.6 Å². The van der Waals surface area contributed by atoms with Gasteiger partial charge in [0.25, 0.3) is 0 Å². The number of aromatic hydroxyl groups is 1. The highest BCUT2D eigenvalue weighted by Gasteiger charge is 2.49. The van der Waals surface area contributed by atoms with E-state index in [2.05, 4.69) is 38.7 Å². The molecule has 1 saturated heterocycles. The Kier molecular flexibility index (Phi) is 3.77. The van der Waals surface area contributed by atoms with Crippen LogP contribution < -0.4 is 0 Å². The van der Waals surface area contributed by atoms with Gasteiger partial charge in [-0.15, -0.1) is 0 Å². The average Bonchev–Trinajstić information content (AvgIpc) is 2.47. The van der Waals surface area contributed by atoms with Gasteiger partial charge >= 0.3 is 0 Å². The zero-order valence-corrected chi connectivity index (χ0v) is 14.5. The normalized spacial score (nSPS) is 31.9. The predicted octanol–water partition coefficient (Wildman–Crippen LogP) is 3.34. The van der Waals surface area contributed by atoms with Crippen molar-refractivity contribution in [3.8, 4) is 5.75 Å². The Balaban J connectivity index is 1.94. The van der Waals surface area contributed by atoms with Crippen LogP contribution in [0.15, 0.2) is 18.2 Å². The van der Waals surface area contributed by atoms with E-state index in [9.17, 15) is 5.11 Å². The smallest absolute Gasteiger partial charge is 0.115 e. The zero-order chi connectivity index (χ0) is 16.1. The molecule has 122 valence electrons. The molecule has 1 aliphatic carbocycles. The molecule has 0 radical (unpaired) electrons. The fraction of sp³-hybridized carbons (Fsp3) is 0.684. The molecule has 1 aromatic rings. The summed E-state index contributed by atoms with van der Waals surface area (Å²) in [5.74, 6) is 0.983. The first-order valence-electron chi connectivity index (χ1n) is 8.38. The summed E-state index contributed by atoms with van der Waals surface area (Å²) in [6.07, 6.45) is 2.22. The van der Waals surface area contributed by atoms with E-state index in [1.807, 2.05) is 12.1 Å². The van der Waals surface area contributed by atoms with Crippen molar-refractivity contribution in [2.75, 3.05) is 20.2 Å². The van der Waals surface area contributed by atoms with Crippen LogP contribution in [0.4, 0.5) is 0 Å². The Bertz CT molecular complexity index is 569. The van der Waals surface area contributed by atoms with Gasteiger partial charge in [-0.05, 0) is 67.8 Å². The van der Waals surface area contributed by atoms with Crippen LogP contribution in [0.2, 0.25) is 0 Å². The van der Waals surface area contributed by atoms with Gasteiger partial charge in [-0.2, -0.15) is 0 Å². The quantitative estimate of drug-likeness (QED) is 0.929. The van der Waals surface area contributed by atoms with Crippen molar-refractivity contribution >= 4 is 0 Å². The second-order valence-corrected chi connectivity index (χ2v) is 8.00. The van der Waals surface area contributed by atoms with Crippen LogP contribution >= 0.6 is 0 Å². The minimum atomic E-state index is -0.108. The van der Waals surface area contributed by atoms with Gasteiger partial charge in [0.2, 0.25) is 0 Å². The van der Waals surface area contributed by atoms with E-state index < -0.39 is 0 Å². The topological polar surface area (TPSA) is 32.7 Å². The molecule has 1 aromatic carbocycles. The van der Waals surface area contributed by atoms with Crippen molar-refractivity contribution in [3.63, 3.8) is 0 Å². The third-order valence-corrected chi connectivity index (χ3v) is 6.24. The van der Waals surface area contributed by atoms with Crippen molar-refractivity contribution in [1.29, 1.82) is 0 Å². The molecule has 2 aliphatic rings. The molecule has 0 aromatic heterocycles. The Morgan fingerprint density at radius 3 is 2.82 bits per heavy atom. The molecule has 3 rings (SSSR count). The maximum Gasteiger partial charge on any atom is 0.115 e. The molecule has 1 heterocycles. The van der Waals surface area contributed by atoms with Gasteiger partial charge in [-0.1, -0.05) is 19.9 Å². The lowest BCUT2D eigenvalue weighted by molar-refractivity contribution is -0.0504. The van der Waals surface area contributed by atoms with Crippen molar-refractivity contribution in [2.45, 2.75) is 57.6 Å². The van der Waals surface area contributed by atoms with Gasteiger partial charge in [-0.3, -0.25) is 4.90 Å². The number of likely N-dealkylation sites (tertiary alicyclic amines) is 1. The molecule has 3 nitrogen and oxygen atoms in total. The maximum atomic E-state index is 9.90. The Hall–Kier alpha value is -1.06. The van der Waals surface area contributed by atoms with Gasteiger partial charge in [0, 0.05) is 19.7 Å². The average molecular weight is 303 g/mol. The summed E-state index contributed by atoms with van der Waals surface area (Å²) in [5, 5.41) is 9.90. The fourth-order valence-electron chi connectivity index (χ4n) is 4.45. The molecular formula is C19H29NO2. The minimum Gasteiger partial charge on any atom is -0.508 e. The number of fused-ring (bicyclic) bond motifs is 4. The SMILES string of the molecule is COC(C)(C)CN1CC[C@]2(C)c3cc(O)ccc3C[C@@H]1[C@H]2C. The first kappa shape index (κ1) is 15.8. The number of rotatable bonds is 3. The van der Waals surface area contributed by atoms with Crippen molar-refractivity contribution in [2.24, 2.45) is 5.92 Å². The molecule has 0 spiro atoms. The van der Waals surface area contributed by atoms with Crippen LogP contribution in [0.25, 0.3) is 0 Å². The molecular weight excluding hydrogens is 274 g/mol. The first-order valence-corrected chi connectivity index (χ1v) is 8.38. The highest BCUT2D eigenvalue weighted by Crippen LogP contribution is 2.49. The van der Waals surface area contributed by atoms with Crippen molar-refractivity contribution < 1.29 is 9.84 Å². The lowest BCUT2D eigenvalue weighted by atomic mass is 9.59. The van der Waals surface area contributed by atoms with Gasteiger partial charge in [0.1, 0.15) is 5.75 Å². The van der Waals surface area contributed by atoms with Crippen LogP contribution in [0.1, 0.15) is 45.2 Å². The van der Waals surface area contributed by atoms with Crippen LogP contribution in [0.5, 0.6) is 5.75 Å². The highest BCUT2D eigenvalue weighted by atomic mass is 16.5. The van der Waals surface area contributed by atoms with Gasteiger partial charge in [-0.25, -0.2) is 0 Å². The van der Waals surface area contributed by atoms with E-state index in [1.165, 1.54) is 11.1 Å². The molecule has 0 amide bonds. The van der Waals surface area contributed by atoms with E-state index in [4.69, 9.17) is 4.74 Å². The summed E-state index contributed by atoms with van der Waals surface area (Å²) in [6.45, 7) is 11.2. The molecule has 1 fully saturated rings. The molecule has 3 heteroatoms. The number of hydrogen-bond acceptors (Lipinski definition) is 3. The summed E-state index contributed by atoms with van der Waals surface area (Å²) < 4.78 is 5.65. The van der Waals surface area contributed by atoms with E-state index in [-0.39, 0.29) is 11.0 Å². The monoisotopic (exact) mass is 303 g/mol. The van der Waals surface area contributed by atoms with Crippen molar-refractivity contribution in [1.82, 2.24) is 4.90 Å². The van der Waals surface area contributed by atoms with E-state index in [1.54, 1.807) is 7.11 Å². The molecule has 3 atom stereocenters.